The van der Waals surface area contributed by atoms with Crippen molar-refractivity contribution in [2.24, 2.45) is 5.92 Å². The highest BCUT2D eigenvalue weighted by Crippen LogP contribution is 2.28. The predicted molar refractivity (Wildman–Crippen MR) is 84.2 cm³/mol. The van der Waals surface area contributed by atoms with Gasteiger partial charge in [-0.05, 0) is 31.4 Å². The first kappa shape index (κ1) is 15.8. The van der Waals surface area contributed by atoms with Crippen LogP contribution in [0.15, 0.2) is 36.4 Å². The van der Waals surface area contributed by atoms with E-state index < -0.39 is 17.9 Å². The Morgan fingerprint density at radius 1 is 1.09 bits per heavy atom. The number of amides is 1. The number of carboxylic acids is 1. The van der Waals surface area contributed by atoms with E-state index in [-0.39, 0.29) is 5.91 Å². The Morgan fingerprint density at radius 3 is 2.32 bits per heavy atom. The van der Waals surface area contributed by atoms with Crippen molar-refractivity contribution in [1.29, 1.82) is 0 Å². The lowest BCUT2D eigenvalue weighted by Gasteiger charge is -2.18. The number of benzene rings is 2. The average molecular weight is 301 g/mol. The molecule has 0 bridgehead atoms. The Kier molecular flexibility index (Phi) is 4.65. The molecule has 0 aromatic heterocycles. The molecule has 2 rings (SSSR count). The van der Waals surface area contributed by atoms with Crippen LogP contribution >= 0.6 is 0 Å². The Balaban J connectivity index is 2.35. The van der Waals surface area contributed by atoms with Gasteiger partial charge in [0.2, 0.25) is 0 Å². The second kappa shape index (κ2) is 6.47. The molecule has 22 heavy (non-hydrogen) atoms. The molecule has 0 radical (unpaired) electrons. The number of carbonyl (C=O) groups is 2. The maximum Gasteiger partial charge on any atom is 0.308 e. The molecule has 0 aliphatic heterocycles. The highest BCUT2D eigenvalue weighted by molar-refractivity contribution is 6.08. The zero-order valence-corrected chi connectivity index (χ0v) is 12.8. The molecule has 0 aliphatic rings. The van der Waals surface area contributed by atoms with Gasteiger partial charge in [0.05, 0.1) is 13.0 Å². The van der Waals surface area contributed by atoms with Gasteiger partial charge in [-0.2, -0.15) is 0 Å². The molecule has 0 heterocycles. The summed E-state index contributed by atoms with van der Waals surface area (Å²) in [4.78, 5) is 23.4. The van der Waals surface area contributed by atoms with Crippen molar-refractivity contribution in [2.75, 3.05) is 7.11 Å². The molecule has 0 aliphatic carbocycles. The lowest BCUT2D eigenvalue weighted by Crippen LogP contribution is -2.40. The van der Waals surface area contributed by atoms with Crippen LogP contribution in [-0.2, 0) is 4.79 Å². The molecule has 2 aromatic rings. The molecule has 116 valence electrons. The molecule has 5 nitrogen and oxygen atoms in total. The Hall–Kier alpha value is -2.56. The van der Waals surface area contributed by atoms with E-state index in [0.29, 0.717) is 11.3 Å². The molecule has 0 saturated heterocycles. The van der Waals surface area contributed by atoms with Crippen LogP contribution in [0.3, 0.4) is 0 Å². The van der Waals surface area contributed by atoms with Crippen LogP contribution in [0.2, 0.25) is 0 Å². The van der Waals surface area contributed by atoms with E-state index in [9.17, 15) is 9.59 Å². The number of carboxylic acid groups (broad SMARTS) is 1. The summed E-state index contributed by atoms with van der Waals surface area (Å²) in [6.45, 7) is 3.25. The van der Waals surface area contributed by atoms with E-state index >= 15 is 0 Å². The Morgan fingerprint density at radius 2 is 1.73 bits per heavy atom. The lowest BCUT2D eigenvalue weighted by molar-refractivity contribution is -0.141. The summed E-state index contributed by atoms with van der Waals surface area (Å²) in [6, 6.07) is 10.4. The second-order valence-corrected chi connectivity index (χ2v) is 5.25. The fraction of sp³-hybridized carbons (Fsp3) is 0.294. The number of ether oxygens (including phenoxy) is 1. The van der Waals surface area contributed by atoms with Gasteiger partial charge in [0.1, 0.15) is 5.75 Å². The summed E-state index contributed by atoms with van der Waals surface area (Å²) < 4.78 is 5.30. The summed E-state index contributed by atoms with van der Waals surface area (Å²) in [5, 5.41) is 13.4. The van der Waals surface area contributed by atoms with E-state index in [1.165, 1.54) is 0 Å². The van der Waals surface area contributed by atoms with Crippen molar-refractivity contribution in [1.82, 2.24) is 5.32 Å². The molecule has 2 atom stereocenters. The van der Waals surface area contributed by atoms with Crippen LogP contribution in [0.5, 0.6) is 5.75 Å². The van der Waals surface area contributed by atoms with Gasteiger partial charge in [0, 0.05) is 17.0 Å². The van der Waals surface area contributed by atoms with E-state index in [1.54, 1.807) is 33.1 Å². The van der Waals surface area contributed by atoms with E-state index in [0.717, 1.165) is 10.8 Å². The number of rotatable bonds is 5. The number of aliphatic carboxylic acids is 1. The standard InChI is InChI=1S/C17H19NO4/c1-10(17(20)21)11(2)18-16(19)14-8-9-15(22-3)13-7-5-4-6-12(13)14/h4-11H,1-3H3,(H,18,19)(H,20,21). The third kappa shape index (κ3) is 3.03. The summed E-state index contributed by atoms with van der Waals surface area (Å²) in [7, 11) is 1.58. The van der Waals surface area contributed by atoms with Gasteiger partial charge in [-0.1, -0.05) is 24.3 Å². The fourth-order valence-electron chi connectivity index (χ4n) is 2.27. The quantitative estimate of drug-likeness (QED) is 0.890. The molecule has 0 fully saturated rings. The topological polar surface area (TPSA) is 75.6 Å². The van der Waals surface area contributed by atoms with E-state index in [1.807, 2.05) is 24.3 Å². The van der Waals surface area contributed by atoms with Crippen molar-refractivity contribution in [2.45, 2.75) is 19.9 Å². The van der Waals surface area contributed by atoms with Gasteiger partial charge in [0.25, 0.3) is 5.91 Å². The fourth-order valence-corrected chi connectivity index (χ4v) is 2.27. The minimum atomic E-state index is -0.938. The van der Waals surface area contributed by atoms with Gasteiger partial charge in [-0.3, -0.25) is 9.59 Å². The first-order chi connectivity index (χ1) is 10.5. The maximum atomic E-state index is 12.5. The minimum Gasteiger partial charge on any atom is -0.496 e. The summed E-state index contributed by atoms with van der Waals surface area (Å²) in [5.41, 5.74) is 0.501. The van der Waals surface area contributed by atoms with Crippen LogP contribution in [0, 0.1) is 5.92 Å². The maximum absolute atomic E-state index is 12.5. The third-order valence-electron chi connectivity index (χ3n) is 3.85. The largest absolute Gasteiger partial charge is 0.496 e. The smallest absolute Gasteiger partial charge is 0.308 e. The number of hydrogen-bond acceptors (Lipinski definition) is 3. The van der Waals surface area contributed by atoms with Crippen molar-refractivity contribution in [3.63, 3.8) is 0 Å². The Labute approximate surface area is 128 Å². The van der Waals surface area contributed by atoms with Gasteiger partial charge >= 0.3 is 5.97 Å². The molecule has 1 amide bonds. The van der Waals surface area contributed by atoms with Crippen molar-refractivity contribution >= 4 is 22.6 Å². The van der Waals surface area contributed by atoms with Crippen LogP contribution in [0.1, 0.15) is 24.2 Å². The van der Waals surface area contributed by atoms with Gasteiger partial charge in [-0.25, -0.2) is 0 Å². The van der Waals surface area contributed by atoms with Crippen molar-refractivity contribution < 1.29 is 19.4 Å². The molecule has 2 N–H and O–H groups in total. The van der Waals surface area contributed by atoms with Crippen LogP contribution in [-0.4, -0.2) is 30.1 Å². The summed E-state index contributed by atoms with van der Waals surface area (Å²) in [6.07, 6.45) is 0. The van der Waals surface area contributed by atoms with Gasteiger partial charge < -0.3 is 15.2 Å². The highest BCUT2D eigenvalue weighted by atomic mass is 16.5. The van der Waals surface area contributed by atoms with Crippen LogP contribution in [0.25, 0.3) is 10.8 Å². The average Bonchev–Trinajstić information content (AvgIpc) is 2.52. The number of methoxy groups -OCH3 is 1. The number of carbonyl (C=O) groups excluding carboxylic acids is 1. The zero-order chi connectivity index (χ0) is 16.3. The Bertz CT molecular complexity index is 711. The highest BCUT2D eigenvalue weighted by Gasteiger charge is 2.22. The monoisotopic (exact) mass is 301 g/mol. The molecular formula is C17H19NO4. The first-order valence-electron chi connectivity index (χ1n) is 7.05. The van der Waals surface area contributed by atoms with Crippen LogP contribution in [0.4, 0.5) is 0 Å². The second-order valence-electron chi connectivity index (χ2n) is 5.25. The normalized spacial score (nSPS) is 13.4. The van der Waals surface area contributed by atoms with E-state index in [2.05, 4.69) is 5.32 Å². The molecule has 0 saturated carbocycles. The van der Waals surface area contributed by atoms with Crippen molar-refractivity contribution in [3.05, 3.63) is 42.0 Å². The molecule has 2 unspecified atom stereocenters. The summed E-state index contributed by atoms with van der Waals surface area (Å²) in [5.74, 6) is -1.19. The molecule has 5 heteroatoms. The van der Waals surface area contributed by atoms with Crippen LogP contribution < -0.4 is 10.1 Å². The molecular weight excluding hydrogens is 282 g/mol. The van der Waals surface area contributed by atoms with Gasteiger partial charge in [0.15, 0.2) is 0 Å². The number of nitrogens with one attached hydrogen (secondary N) is 1. The SMILES string of the molecule is COc1ccc(C(=O)NC(C)C(C)C(=O)O)c2ccccc12. The third-order valence-corrected chi connectivity index (χ3v) is 3.85. The van der Waals surface area contributed by atoms with Crippen molar-refractivity contribution in [3.8, 4) is 5.75 Å². The minimum absolute atomic E-state index is 0.292. The molecule has 0 spiro atoms. The lowest BCUT2D eigenvalue weighted by atomic mass is 10.0. The number of fused-ring (bicyclic) bond motifs is 1. The number of hydrogen-bond donors (Lipinski definition) is 2. The van der Waals surface area contributed by atoms with E-state index in [4.69, 9.17) is 9.84 Å². The zero-order valence-electron chi connectivity index (χ0n) is 12.8. The molecule has 2 aromatic carbocycles. The summed E-state index contributed by atoms with van der Waals surface area (Å²) >= 11 is 0. The van der Waals surface area contributed by atoms with Gasteiger partial charge in [-0.15, -0.1) is 0 Å². The first-order valence-corrected chi connectivity index (χ1v) is 7.05. The predicted octanol–water partition coefficient (Wildman–Crippen LogP) is 2.69.